The number of hydrogen-bond donors (Lipinski definition) is 2. The summed E-state index contributed by atoms with van der Waals surface area (Å²) in [7, 11) is 1.63. The fourth-order valence-electron chi connectivity index (χ4n) is 3.00. The maximum absolute atomic E-state index is 12.4. The smallest absolute Gasteiger partial charge is 0.243 e. The number of amides is 2. The number of likely N-dealkylation sites (N-methyl/N-ethyl adjacent to an activating group) is 1. The molecule has 1 aromatic heterocycles. The molecule has 0 radical (unpaired) electrons. The molecule has 146 valence electrons. The summed E-state index contributed by atoms with van der Waals surface area (Å²) in [6.07, 6.45) is 6.28. The lowest BCUT2D eigenvalue weighted by molar-refractivity contribution is -0.133. The van der Waals surface area contributed by atoms with E-state index in [1.807, 2.05) is 42.5 Å². The molecule has 0 atom stereocenters. The van der Waals surface area contributed by atoms with Gasteiger partial charge in [0.25, 0.3) is 0 Å². The van der Waals surface area contributed by atoms with Crippen LogP contribution in [0.2, 0.25) is 0 Å². The Morgan fingerprint density at radius 2 is 1.86 bits per heavy atom. The Morgan fingerprint density at radius 1 is 1.07 bits per heavy atom. The zero-order valence-corrected chi connectivity index (χ0v) is 16.3. The van der Waals surface area contributed by atoms with Gasteiger partial charge in [-0.05, 0) is 42.3 Å². The third-order valence-corrected chi connectivity index (χ3v) is 4.56. The highest BCUT2D eigenvalue weighted by molar-refractivity contribution is 5.94. The molecule has 0 fully saturated rings. The largest absolute Gasteiger partial charge is 0.358 e. The second-order valence-electron chi connectivity index (χ2n) is 6.79. The highest BCUT2D eigenvalue weighted by atomic mass is 16.2. The van der Waals surface area contributed by atoms with Crippen LogP contribution in [0, 0.1) is 12.3 Å². The van der Waals surface area contributed by atoms with Crippen molar-refractivity contribution in [3.05, 3.63) is 78.0 Å². The lowest BCUT2D eigenvalue weighted by Crippen LogP contribution is -2.35. The summed E-state index contributed by atoms with van der Waals surface area (Å²) >= 11 is 0. The second kappa shape index (κ2) is 9.43. The third kappa shape index (κ3) is 5.60. The highest BCUT2D eigenvalue weighted by Gasteiger charge is 2.14. The number of benzene rings is 2. The van der Waals surface area contributed by atoms with Crippen LogP contribution in [-0.4, -0.2) is 35.3 Å². The molecule has 2 N–H and O–H groups in total. The van der Waals surface area contributed by atoms with Crippen molar-refractivity contribution in [2.75, 3.05) is 18.9 Å². The Kier molecular flexibility index (Phi) is 6.49. The molecule has 0 aliphatic heterocycles. The SMILES string of the molecule is C#Cc1cccc(NC(=O)CN(C)C(=O)CCc2ccc(-c3ccccc3)[nH]2)c1. The van der Waals surface area contributed by atoms with Gasteiger partial charge < -0.3 is 15.2 Å². The number of aromatic nitrogens is 1. The minimum Gasteiger partial charge on any atom is -0.358 e. The van der Waals surface area contributed by atoms with Gasteiger partial charge in [0.2, 0.25) is 11.8 Å². The lowest BCUT2D eigenvalue weighted by atomic mass is 10.2. The van der Waals surface area contributed by atoms with E-state index in [1.54, 1.807) is 31.3 Å². The zero-order valence-electron chi connectivity index (χ0n) is 16.3. The molecule has 5 nitrogen and oxygen atoms in total. The Bertz CT molecular complexity index is 1030. The standard InChI is InChI=1S/C24H23N3O2/c1-3-18-8-7-11-21(16-18)26-23(28)17-27(2)24(29)15-13-20-12-14-22(25-20)19-9-5-4-6-10-19/h1,4-12,14,16,25H,13,15,17H2,2H3,(H,26,28). The van der Waals surface area contributed by atoms with Crippen LogP contribution in [0.25, 0.3) is 11.3 Å². The number of aryl methyl sites for hydroxylation is 1. The summed E-state index contributed by atoms with van der Waals surface area (Å²) in [5, 5.41) is 2.76. The molecule has 0 saturated carbocycles. The molecule has 0 unspecified atom stereocenters. The molecule has 0 aliphatic rings. The Morgan fingerprint density at radius 3 is 2.62 bits per heavy atom. The van der Waals surface area contributed by atoms with E-state index in [-0.39, 0.29) is 18.4 Å². The predicted molar refractivity (Wildman–Crippen MR) is 115 cm³/mol. The van der Waals surface area contributed by atoms with Crippen LogP contribution in [0.1, 0.15) is 17.7 Å². The first kappa shape index (κ1) is 20.0. The number of aromatic amines is 1. The number of hydrogen-bond acceptors (Lipinski definition) is 2. The van der Waals surface area contributed by atoms with Crippen molar-refractivity contribution in [1.29, 1.82) is 0 Å². The molecular weight excluding hydrogens is 362 g/mol. The quantitative estimate of drug-likeness (QED) is 0.609. The molecular formula is C24H23N3O2. The monoisotopic (exact) mass is 385 g/mol. The van der Waals surface area contributed by atoms with Crippen LogP contribution in [0.5, 0.6) is 0 Å². The maximum Gasteiger partial charge on any atom is 0.243 e. The Balaban J connectivity index is 1.48. The van der Waals surface area contributed by atoms with Crippen LogP contribution >= 0.6 is 0 Å². The fourth-order valence-corrected chi connectivity index (χ4v) is 3.00. The first-order valence-electron chi connectivity index (χ1n) is 9.39. The van der Waals surface area contributed by atoms with Gasteiger partial charge in [-0.25, -0.2) is 0 Å². The zero-order chi connectivity index (χ0) is 20.6. The number of carbonyl (C=O) groups is 2. The van der Waals surface area contributed by atoms with E-state index in [2.05, 4.69) is 16.2 Å². The van der Waals surface area contributed by atoms with Crippen molar-refractivity contribution in [1.82, 2.24) is 9.88 Å². The van der Waals surface area contributed by atoms with Gasteiger partial charge in [-0.1, -0.05) is 42.3 Å². The minimum absolute atomic E-state index is 0.0148. The molecule has 3 aromatic rings. The summed E-state index contributed by atoms with van der Waals surface area (Å²) in [6, 6.07) is 21.1. The Labute approximate surface area is 170 Å². The van der Waals surface area contributed by atoms with E-state index >= 15 is 0 Å². The number of anilines is 1. The lowest BCUT2D eigenvalue weighted by Gasteiger charge is -2.16. The minimum atomic E-state index is -0.263. The van der Waals surface area contributed by atoms with Gasteiger partial charge in [0.1, 0.15) is 0 Å². The molecule has 2 amide bonds. The number of carbonyl (C=O) groups excluding carboxylic acids is 2. The van der Waals surface area contributed by atoms with Gasteiger partial charge in [0.05, 0.1) is 6.54 Å². The van der Waals surface area contributed by atoms with E-state index in [0.29, 0.717) is 24.1 Å². The number of nitrogens with zero attached hydrogens (tertiary/aromatic N) is 1. The summed E-state index contributed by atoms with van der Waals surface area (Å²) < 4.78 is 0. The summed E-state index contributed by atoms with van der Waals surface area (Å²) in [6.45, 7) is -0.0148. The molecule has 2 aromatic carbocycles. The molecule has 1 heterocycles. The van der Waals surface area contributed by atoms with Gasteiger partial charge in [-0.2, -0.15) is 0 Å². The molecule has 0 spiro atoms. The maximum atomic E-state index is 12.4. The third-order valence-electron chi connectivity index (χ3n) is 4.56. The molecule has 0 bridgehead atoms. The average Bonchev–Trinajstić information content (AvgIpc) is 3.21. The topological polar surface area (TPSA) is 65.2 Å². The van der Waals surface area contributed by atoms with Crippen LogP contribution < -0.4 is 5.32 Å². The van der Waals surface area contributed by atoms with Crippen molar-refractivity contribution in [2.24, 2.45) is 0 Å². The van der Waals surface area contributed by atoms with Crippen LogP contribution in [-0.2, 0) is 16.0 Å². The normalized spacial score (nSPS) is 10.2. The van der Waals surface area contributed by atoms with E-state index < -0.39 is 0 Å². The van der Waals surface area contributed by atoms with Crippen molar-refractivity contribution >= 4 is 17.5 Å². The highest BCUT2D eigenvalue weighted by Crippen LogP contribution is 2.18. The molecule has 0 aliphatic carbocycles. The average molecular weight is 385 g/mol. The van der Waals surface area contributed by atoms with Crippen molar-refractivity contribution < 1.29 is 9.59 Å². The van der Waals surface area contributed by atoms with Gasteiger partial charge >= 0.3 is 0 Å². The van der Waals surface area contributed by atoms with Crippen LogP contribution in [0.4, 0.5) is 5.69 Å². The summed E-state index contributed by atoms with van der Waals surface area (Å²) in [5.74, 6) is 2.17. The molecule has 3 rings (SSSR count). The molecule has 29 heavy (non-hydrogen) atoms. The van der Waals surface area contributed by atoms with E-state index in [0.717, 1.165) is 17.0 Å². The van der Waals surface area contributed by atoms with E-state index in [9.17, 15) is 9.59 Å². The molecule has 5 heteroatoms. The van der Waals surface area contributed by atoms with Crippen molar-refractivity contribution in [3.63, 3.8) is 0 Å². The Hall–Kier alpha value is -3.78. The number of rotatable bonds is 7. The van der Waals surface area contributed by atoms with E-state index in [1.165, 1.54) is 4.90 Å². The fraction of sp³-hybridized carbons (Fsp3) is 0.167. The number of nitrogens with one attached hydrogen (secondary N) is 2. The molecule has 0 saturated heterocycles. The van der Waals surface area contributed by atoms with Gasteiger partial charge in [0.15, 0.2) is 0 Å². The van der Waals surface area contributed by atoms with Gasteiger partial charge in [-0.3, -0.25) is 9.59 Å². The summed E-state index contributed by atoms with van der Waals surface area (Å²) in [5.41, 5.74) is 4.42. The van der Waals surface area contributed by atoms with Crippen molar-refractivity contribution in [3.8, 4) is 23.6 Å². The number of H-pyrrole nitrogens is 1. The van der Waals surface area contributed by atoms with Crippen LogP contribution in [0.3, 0.4) is 0 Å². The van der Waals surface area contributed by atoms with Crippen molar-refractivity contribution in [2.45, 2.75) is 12.8 Å². The van der Waals surface area contributed by atoms with E-state index in [4.69, 9.17) is 6.42 Å². The predicted octanol–water partition coefficient (Wildman–Crippen LogP) is 3.69. The first-order chi connectivity index (χ1) is 14.0. The van der Waals surface area contributed by atoms with Gasteiger partial charge in [-0.15, -0.1) is 6.42 Å². The van der Waals surface area contributed by atoms with Gasteiger partial charge in [0, 0.05) is 36.1 Å². The summed E-state index contributed by atoms with van der Waals surface area (Å²) in [4.78, 5) is 29.4. The second-order valence-corrected chi connectivity index (χ2v) is 6.79. The van der Waals surface area contributed by atoms with Crippen LogP contribution in [0.15, 0.2) is 66.7 Å². The number of terminal acetylenes is 1. The first-order valence-corrected chi connectivity index (χ1v) is 9.39.